The van der Waals surface area contributed by atoms with Crippen molar-refractivity contribution in [2.45, 2.75) is 20.0 Å². The molecule has 0 N–H and O–H groups in total. The van der Waals surface area contributed by atoms with Crippen LogP contribution in [-0.2, 0) is 6.18 Å². The first-order valence-electron chi connectivity index (χ1n) is 5.20. The van der Waals surface area contributed by atoms with E-state index in [-0.39, 0.29) is 11.3 Å². The fourth-order valence-electron chi connectivity index (χ4n) is 1.42. The molecule has 5 heteroatoms. The quantitative estimate of drug-likeness (QED) is 0.607. The molecular formula is C13H13F3O2. The lowest BCUT2D eigenvalue weighted by Gasteiger charge is -2.11. The second-order valence-corrected chi connectivity index (χ2v) is 4.00. The van der Waals surface area contributed by atoms with E-state index < -0.39 is 17.5 Å². The van der Waals surface area contributed by atoms with Gasteiger partial charge >= 0.3 is 6.18 Å². The van der Waals surface area contributed by atoms with Crippen LogP contribution in [0.4, 0.5) is 13.2 Å². The van der Waals surface area contributed by atoms with Crippen molar-refractivity contribution < 1.29 is 22.7 Å². The van der Waals surface area contributed by atoms with E-state index in [0.29, 0.717) is 5.57 Å². The monoisotopic (exact) mass is 258 g/mol. The Morgan fingerprint density at radius 3 is 2.33 bits per heavy atom. The average molecular weight is 258 g/mol. The Morgan fingerprint density at radius 2 is 1.89 bits per heavy atom. The van der Waals surface area contributed by atoms with Crippen LogP contribution in [0, 0.1) is 0 Å². The Hall–Kier alpha value is -1.78. The molecule has 18 heavy (non-hydrogen) atoms. The zero-order chi connectivity index (χ0) is 13.9. The molecule has 0 aliphatic heterocycles. The minimum atomic E-state index is -4.48. The third-order valence-electron chi connectivity index (χ3n) is 2.21. The van der Waals surface area contributed by atoms with Crippen molar-refractivity contribution >= 4 is 5.78 Å². The van der Waals surface area contributed by atoms with Crippen LogP contribution >= 0.6 is 0 Å². The predicted molar refractivity (Wildman–Crippen MR) is 61.8 cm³/mol. The highest BCUT2D eigenvalue weighted by molar-refractivity contribution is 6.07. The molecule has 0 unspecified atom stereocenters. The van der Waals surface area contributed by atoms with E-state index in [1.807, 2.05) is 0 Å². The summed E-state index contributed by atoms with van der Waals surface area (Å²) in [6.45, 7) is 3.38. The molecule has 0 radical (unpaired) electrons. The highest BCUT2D eigenvalue weighted by Gasteiger charge is 2.31. The van der Waals surface area contributed by atoms with E-state index >= 15 is 0 Å². The van der Waals surface area contributed by atoms with Gasteiger partial charge in [0.15, 0.2) is 5.78 Å². The molecule has 0 bridgehead atoms. The standard InChI is InChI=1S/C13H13F3O2/c1-8(2)6-11(17)10-7-9(13(14,15)16)4-5-12(10)18-3/h4-7H,1-3H3. The van der Waals surface area contributed by atoms with Gasteiger partial charge in [0.25, 0.3) is 0 Å². The van der Waals surface area contributed by atoms with Gasteiger partial charge in [-0.2, -0.15) is 13.2 Å². The molecule has 0 aliphatic rings. The van der Waals surface area contributed by atoms with Crippen molar-refractivity contribution in [3.05, 3.63) is 41.0 Å². The number of halogens is 3. The molecule has 0 heterocycles. The predicted octanol–water partition coefficient (Wildman–Crippen LogP) is 3.86. The topological polar surface area (TPSA) is 26.3 Å². The summed E-state index contributed by atoms with van der Waals surface area (Å²) in [4.78, 5) is 11.8. The Labute approximate surface area is 103 Å². The number of carbonyl (C=O) groups is 1. The van der Waals surface area contributed by atoms with E-state index in [9.17, 15) is 18.0 Å². The average Bonchev–Trinajstić information content (AvgIpc) is 2.26. The van der Waals surface area contributed by atoms with E-state index in [0.717, 1.165) is 18.2 Å². The summed E-state index contributed by atoms with van der Waals surface area (Å²) in [7, 11) is 1.31. The molecule has 0 spiro atoms. The number of benzene rings is 1. The Balaban J connectivity index is 3.31. The lowest BCUT2D eigenvalue weighted by atomic mass is 10.0. The second kappa shape index (κ2) is 5.25. The number of allylic oxidation sites excluding steroid dienone is 2. The highest BCUT2D eigenvalue weighted by atomic mass is 19.4. The Kier molecular flexibility index (Phi) is 4.16. The molecule has 2 nitrogen and oxygen atoms in total. The molecule has 0 aromatic heterocycles. The normalized spacial score (nSPS) is 11.0. The molecule has 1 rings (SSSR count). The summed E-state index contributed by atoms with van der Waals surface area (Å²) in [6.07, 6.45) is -3.20. The van der Waals surface area contributed by atoms with Gasteiger partial charge in [-0.3, -0.25) is 4.79 Å². The smallest absolute Gasteiger partial charge is 0.416 e. The lowest BCUT2D eigenvalue weighted by molar-refractivity contribution is -0.137. The molecule has 0 aliphatic carbocycles. The summed E-state index contributed by atoms with van der Waals surface area (Å²) in [5, 5.41) is 0. The SMILES string of the molecule is COc1ccc(C(F)(F)F)cc1C(=O)C=C(C)C. The van der Waals surface area contributed by atoms with Gasteiger partial charge in [-0.25, -0.2) is 0 Å². The number of methoxy groups -OCH3 is 1. The molecular weight excluding hydrogens is 245 g/mol. The summed E-state index contributed by atoms with van der Waals surface area (Å²) >= 11 is 0. The zero-order valence-electron chi connectivity index (χ0n) is 10.3. The van der Waals surface area contributed by atoms with Crippen molar-refractivity contribution in [2.75, 3.05) is 7.11 Å². The van der Waals surface area contributed by atoms with Crippen LogP contribution in [0.15, 0.2) is 29.8 Å². The van der Waals surface area contributed by atoms with E-state index in [4.69, 9.17) is 4.74 Å². The highest BCUT2D eigenvalue weighted by Crippen LogP contribution is 2.32. The van der Waals surface area contributed by atoms with Gasteiger partial charge in [0.1, 0.15) is 5.75 Å². The number of hydrogen-bond acceptors (Lipinski definition) is 2. The largest absolute Gasteiger partial charge is 0.496 e. The summed E-state index contributed by atoms with van der Waals surface area (Å²) in [6, 6.07) is 2.84. The van der Waals surface area contributed by atoms with Crippen LogP contribution in [0.3, 0.4) is 0 Å². The summed E-state index contributed by atoms with van der Waals surface area (Å²) in [5.74, 6) is -0.372. The van der Waals surface area contributed by atoms with Gasteiger partial charge in [-0.1, -0.05) is 5.57 Å². The number of ether oxygens (including phenoxy) is 1. The third-order valence-corrected chi connectivity index (χ3v) is 2.21. The Morgan fingerprint density at radius 1 is 1.28 bits per heavy atom. The van der Waals surface area contributed by atoms with Crippen molar-refractivity contribution in [1.82, 2.24) is 0 Å². The molecule has 0 amide bonds. The van der Waals surface area contributed by atoms with Crippen LogP contribution in [0.25, 0.3) is 0 Å². The van der Waals surface area contributed by atoms with Crippen LogP contribution in [0.1, 0.15) is 29.8 Å². The van der Waals surface area contributed by atoms with Crippen molar-refractivity contribution in [2.24, 2.45) is 0 Å². The number of ketones is 1. The zero-order valence-corrected chi connectivity index (χ0v) is 10.3. The molecule has 0 saturated heterocycles. The Bertz CT molecular complexity index is 483. The number of hydrogen-bond donors (Lipinski definition) is 0. The van der Waals surface area contributed by atoms with Crippen LogP contribution in [0.5, 0.6) is 5.75 Å². The molecule has 1 aromatic carbocycles. The van der Waals surface area contributed by atoms with Crippen molar-refractivity contribution in [3.8, 4) is 5.75 Å². The first-order chi connectivity index (χ1) is 8.25. The first-order valence-corrected chi connectivity index (χ1v) is 5.20. The maximum absolute atomic E-state index is 12.6. The number of alkyl halides is 3. The van der Waals surface area contributed by atoms with Gasteiger partial charge in [0, 0.05) is 0 Å². The lowest BCUT2D eigenvalue weighted by Crippen LogP contribution is -2.08. The fourth-order valence-corrected chi connectivity index (χ4v) is 1.42. The third kappa shape index (κ3) is 3.35. The maximum atomic E-state index is 12.6. The fraction of sp³-hybridized carbons (Fsp3) is 0.308. The summed E-state index contributed by atoms with van der Waals surface area (Å²) < 4.78 is 42.6. The van der Waals surface area contributed by atoms with Crippen LogP contribution < -0.4 is 4.74 Å². The molecule has 0 saturated carbocycles. The molecule has 98 valence electrons. The van der Waals surface area contributed by atoms with E-state index in [1.165, 1.54) is 13.2 Å². The van der Waals surface area contributed by atoms with Crippen molar-refractivity contribution in [1.29, 1.82) is 0 Å². The first kappa shape index (κ1) is 14.3. The van der Waals surface area contributed by atoms with Gasteiger partial charge in [0.2, 0.25) is 0 Å². The van der Waals surface area contributed by atoms with E-state index in [1.54, 1.807) is 13.8 Å². The van der Waals surface area contributed by atoms with Gasteiger partial charge in [0.05, 0.1) is 18.2 Å². The minimum absolute atomic E-state index is 0.0893. The second-order valence-electron chi connectivity index (χ2n) is 4.00. The molecule has 1 aromatic rings. The van der Waals surface area contributed by atoms with Gasteiger partial charge < -0.3 is 4.74 Å². The van der Waals surface area contributed by atoms with Gasteiger partial charge in [-0.05, 0) is 38.1 Å². The number of rotatable bonds is 3. The molecule has 0 atom stereocenters. The maximum Gasteiger partial charge on any atom is 0.416 e. The number of carbonyl (C=O) groups excluding carboxylic acids is 1. The van der Waals surface area contributed by atoms with Gasteiger partial charge in [-0.15, -0.1) is 0 Å². The van der Waals surface area contributed by atoms with Crippen LogP contribution in [0.2, 0.25) is 0 Å². The minimum Gasteiger partial charge on any atom is -0.496 e. The van der Waals surface area contributed by atoms with Crippen LogP contribution in [-0.4, -0.2) is 12.9 Å². The molecule has 0 fully saturated rings. The van der Waals surface area contributed by atoms with E-state index in [2.05, 4.69) is 0 Å². The van der Waals surface area contributed by atoms with Crippen molar-refractivity contribution in [3.63, 3.8) is 0 Å². The summed E-state index contributed by atoms with van der Waals surface area (Å²) in [5.41, 5.74) is -0.248.